The molecule has 3 aromatic carbocycles. The van der Waals surface area contributed by atoms with Crippen LogP contribution in [0.3, 0.4) is 0 Å². The van der Waals surface area contributed by atoms with Crippen LogP contribution in [0.15, 0.2) is 72.8 Å². The minimum atomic E-state index is -0.537. The van der Waals surface area contributed by atoms with E-state index in [4.69, 9.17) is 9.47 Å². The Labute approximate surface area is 168 Å². The van der Waals surface area contributed by atoms with Gasteiger partial charge < -0.3 is 20.1 Å². The van der Waals surface area contributed by atoms with E-state index in [-0.39, 0.29) is 11.8 Å². The second-order valence-corrected chi connectivity index (χ2v) is 6.71. The van der Waals surface area contributed by atoms with Crippen LogP contribution in [0, 0.1) is 0 Å². The fourth-order valence-corrected chi connectivity index (χ4v) is 2.93. The number of hydrogen-bond donors (Lipinski definition) is 2. The topological polar surface area (TPSA) is 76.7 Å². The van der Waals surface area contributed by atoms with E-state index in [1.807, 2.05) is 30.3 Å². The highest BCUT2D eigenvalue weighted by molar-refractivity contribution is 6.05. The molecule has 1 aliphatic rings. The highest BCUT2D eigenvalue weighted by Crippen LogP contribution is 2.32. The van der Waals surface area contributed by atoms with E-state index < -0.39 is 6.10 Å². The van der Waals surface area contributed by atoms with Gasteiger partial charge in [0, 0.05) is 11.3 Å². The van der Waals surface area contributed by atoms with Crippen molar-refractivity contribution in [2.45, 2.75) is 19.6 Å². The van der Waals surface area contributed by atoms with Crippen molar-refractivity contribution in [1.82, 2.24) is 0 Å². The van der Waals surface area contributed by atoms with Gasteiger partial charge in [-0.2, -0.15) is 0 Å². The van der Waals surface area contributed by atoms with Gasteiger partial charge in [0.15, 0.2) is 6.10 Å². The summed E-state index contributed by atoms with van der Waals surface area (Å²) in [4.78, 5) is 24.3. The quantitative estimate of drug-likeness (QED) is 0.686. The molecule has 29 heavy (non-hydrogen) atoms. The lowest BCUT2D eigenvalue weighted by Gasteiger charge is -2.23. The normalized spacial score (nSPS) is 14.9. The first-order valence-corrected chi connectivity index (χ1v) is 9.28. The first-order chi connectivity index (χ1) is 14.1. The first kappa shape index (κ1) is 18.6. The van der Waals surface area contributed by atoms with Gasteiger partial charge in [-0.25, -0.2) is 0 Å². The summed E-state index contributed by atoms with van der Waals surface area (Å²) in [6.07, 6.45) is -0.537. The lowest BCUT2D eigenvalue weighted by Crippen LogP contribution is -2.34. The van der Waals surface area contributed by atoms with Gasteiger partial charge in [-0.3, -0.25) is 9.59 Å². The molecule has 6 nitrogen and oxygen atoms in total. The molecule has 1 heterocycles. The molecule has 3 aromatic rings. The van der Waals surface area contributed by atoms with Gasteiger partial charge in [0.2, 0.25) is 0 Å². The van der Waals surface area contributed by atoms with E-state index in [1.54, 1.807) is 49.4 Å². The molecule has 4 rings (SSSR count). The van der Waals surface area contributed by atoms with Gasteiger partial charge in [0.05, 0.1) is 5.69 Å². The zero-order valence-corrected chi connectivity index (χ0v) is 15.8. The second-order valence-electron chi connectivity index (χ2n) is 6.71. The van der Waals surface area contributed by atoms with Crippen molar-refractivity contribution in [2.75, 3.05) is 10.6 Å². The Kier molecular flexibility index (Phi) is 5.16. The standard InChI is InChI=1S/C23H20N2O4/c1-15-22(26)25-20-13-18(9-12-21(20)29-15)24-23(27)17-7-10-19(11-8-17)28-14-16-5-3-2-4-6-16/h2-13,15H,14H2,1H3,(H,24,27)(H,25,26). The number of ether oxygens (including phenoxy) is 2. The van der Waals surface area contributed by atoms with Crippen LogP contribution in [0.5, 0.6) is 11.5 Å². The van der Waals surface area contributed by atoms with Crippen LogP contribution < -0.4 is 20.1 Å². The van der Waals surface area contributed by atoms with Crippen molar-refractivity contribution in [3.05, 3.63) is 83.9 Å². The summed E-state index contributed by atoms with van der Waals surface area (Å²) in [6, 6.07) is 22.0. The Morgan fingerprint density at radius 2 is 1.83 bits per heavy atom. The molecule has 1 aliphatic heterocycles. The number of carbonyl (C=O) groups excluding carboxylic acids is 2. The van der Waals surface area contributed by atoms with Gasteiger partial charge in [-0.15, -0.1) is 0 Å². The number of benzene rings is 3. The molecule has 0 saturated carbocycles. The molecule has 2 N–H and O–H groups in total. The molecule has 0 aliphatic carbocycles. The Bertz CT molecular complexity index is 1030. The smallest absolute Gasteiger partial charge is 0.265 e. The third-order valence-electron chi connectivity index (χ3n) is 4.53. The number of fused-ring (bicyclic) bond motifs is 1. The lowest BCUT2D eigenvalue weighted by atomic mass is 10.1. The molecule has 0 bridgehead atoms. The SMILES string of the molecule is CC1Oc2ccc(NC(=O)c3ccc(OCc4ccccc4)cc3)cc2NC1=O. The Morgan fingerprint density at radius 1 is 1.07 bits per heavy atom. The summed E-state index contributed by atoms with van der Waals surface area (Å²) in [5, 5.41) is 5.59. The first-order valence-electron chi connectivity index (χ1n) is 9.28. The third kappa shape index (κ3) is 4.38. The molecular weight excluding hydrogens is 368 g/mol. The van der Waals surface area contributed by atoms with Crippen molar-refractivity contribution in [1.29, 1.82) is 0 Å². The predicted octanol–water partition coefficient (Wildman–Crippen LogP) is 4.24. The minimum absolute atomic E-state index is 0.216. The van der Waals surface area contributed by atoms with Crippen LogP contribution in [0.1, 0.15) is 22.8 Å². The highest BCUT2D eigenvalue weighted by Gasteiger charge is 2.23. The summed E-state index contributed by atoms with van der Waals surface area (Å²) in [6.45, 7) is 2.15. The van der Waals surface area contributed by atoms with Crippen LogP contribution in [0.4, 0.5) is 11.4 Å². The molecule has 1 unspecified atom stereocenters. The molecule has 0 fully saturated rings. The molecule has 0 radical (unpaired) electrons. The van der Waals surface area contributed by atoms with E-state index >= 15 is 0 Å². The van der Waals surface area contributed by atoms with Crippen molar-refractivity contribution in [2.24, 2.45) is 0 Å². The Balaban J connectivity index is 1.39. The highest BCUT2D eigenvalue weighted by atomic mass is 16.5. The summed E-state index contributed by atoms with van der Waals surface area (Å²) in [5.74, 6) is 0.797. The van der Waals surface area contributed by atoms with Gasteiger partial charge in [0.1, 0.15) is 18.1 Å². The lowest BCUT2D eigenvalue weighted by molar-refractivity contribution is -0.122. The van der Waals surface area contributed by atoms with Gasteiger partial charge in [-0.1, -0.05) is 30.3 Å². The van der Waals surface area contributed by atoms with E-state index in [2.05, 4.69) is 10.6 Å². The molecule has 146 valence electrons. The zero-order chi connectivity index (χ0) is 20.2. The molecule has 0 saturated heterocycles. The molecule has 1 atom stereocenters. The van der Waals surface area contributed by atoms with Crippen molar-refractivity contribution in [3.63, 3.8) is 0 Å². The van der Waals surface area contributed by atoms with E-state index in [1.165, 1.54) is 0 Å². The summed E-state index contributed by atoms with van der Waals surface area (Å²) in [5.41, 5.74) is 2.68. The maximum atomic E-state index is 12.5. The summed E-state index contributed by atoms with van der Waals surface area (Å²) >= 11 is 0. The number of amides is 2. The van der Waals surface area contributed by atoms with Crippen molar-refractivity contribution < 1.29 is 19.1 Å². The minimum Gasteiger partial charge on any atom is -0.489 e. The largest absolute Gasteiger partial charge is 0.489 e. The summed E-state index contributed by atoms with van der Waals surface area (Å²) < 4.78 is 11.3. The second kappa shape index (κ2) is 8.06. The van der Waals surface area contributed by atoms with Crippen LogP contribution in [-0.4, -0.2) is 17.9 Å². The number of carbonyl (C=O) groups is 2. The maximum Gasteiger partial charge on any atom is 0.265 e. The number of anilines is 2. The van der Waals surface area contributed by atoms with Crippen LogP contribution in [-0.2, 0) is 11.4 Å². The van der Waals surface area contributed by atoms with E-state index in [0.717, 1.165) is 5.56 Å². The van der Waals surface area contributed by atoms with Crippen LogP contribution >= 0.6 is 0 Å². The Hall–Kier alpha value is -3.80. The fourth-order valence-electron chi connectivity index (χ4n) is 2.93. The average Bonchev–Trinajstić information content (AvgIpc) is 2.74. The van der Waals surface area contributed by atoms with Gasteiger partial charge >= 0.3 is 0 Å². The van der Waals surface area contributed by atoms with Crippen LogP contribution in [0.25, 0.3) is 0 Å². The van der Waals surface area contributed by atoms with Crippen molar-refractivity contribution >= 4 is 23.2 Å². The Morgan fingerprint density at radius 3 is 2.59 bits per heavy atom. The molecule has 0 aromatic heterocycles. The number of nitrogens with one attached hydrogen (secondary N) is 2. The van der Waals surface area contributed by atoms with E-state index in [0.29, 0.717) is 35.0 Å². The number of hydrogen-bond acceptors (Lipinski definition) is 4. The molecule has 0 spiro atoms. The maximum absolute atomic E-state index is 12.5. The predicted molar refractivity (Wildman–Crippen MR) is 110 cm³/mol. The van der Waals surface area contributed by atoms with Gasteiger partial charge in [-0.05, 0) is 55.0 Å². The number of rotatable bonds is 5. The zero-order valence-electron chi connectivity index (χ0n) is 15.8. The van der Waals surface area contributed by atoms with E-state index in [9.17, 15) is 9.59 Å². The molecule has 6 heteroatoms. The van der Waals surface area contributed by atoms with Gasteiger partial charge in [0.25, 0.3) is 11.8 Å². The molecule has 2 amide bonds. The molecular formula is C23H20N2O4. The van der Waals surface area contributed by atoms with Crippen LogP contribution in [0.2, 0.25) is 0 Å². The monoisotopic (exact) mass is 388 g/mol. The summed E-state index contributed by atoms with van der Waals surface area (Å²) in [7, 11) is 0. The average molecular weight is 388 g/mol. The third-order valence-corrected chi connectivity index (χ3v) is 4.53. The van der Waals surface area contributed by atoms with Crippen molar-refractivity contribution in [3.8, 4) is 11.5 Å². The fraction of sp³-hybridized carbons (Fsp3) is 0.130.